The van der Waals surface area contributed by atoms with Crippen molar-refractivity contribution in [2.75, 3.05) is 26.9 Å². The fourth-order valence-corrected chi connectivity index (χ4v) is 1.29. The normalized spacial score (nSPS) is 11.2. The lowest BCUT2D eigenvalue weighted by Crippen LogP contribution is -2.28. The van der Waals surface area contributed by atoms with E-state index in [4.69, 9.17) is 4.74 Å². The van der Waals surface area contributed by atoms with Gasteiger partial charge in [-0.3, -0.25) is 4.79 Å². The second-order valence-corrected chi connectivity index (χ2v) is 3.66. The van der Waals surface area contributed by atoms with Gasteiger partial charge in [0, 0.05) is 12.1 Å². The number of carbonyl (C=O) groups is 1. The van der Waals surface area contributed by atoms with Gasteiger partial charge in [-0.15, -0.1) is 0 Å². The molecule has 0 aliphatic heterocycles. The number of ether oxygens (including phenoxy) is 2. The van der Waals surface area contributed by atoms with E-state index in [0.29, 0.717) is 11.3 Å². The van der Waals surface area contributed by atoms with Crippen LogP contribution in [0.25, 0.3) is 0 Å². The molecule has 1 aromatic carbocycles. The van der Waals surface area contributed by atoms with E-state index in [1.807, 2.05) is 0 Å². The van der Waals surface area contributed by atoms with Crippen molar-refractivity contribution < 1.29 is 27.4 Å². The first-order valence-corrected chi connectivity index (χ1v) is 5.49. The molecule has 0 saturated carbocycles. The maximum Gasteiger partial charge on any atom is 0.411 e. The van der Waals surface area contributed by atoms with E-state index < -0.39 is 18.7 Å². The Morgan fingerprint density at radius 1 is 1.37 bits per heavy atom. The number of carbonyl (C=O) groups excluding carboxylic acids is 1. The van der Waals surface area contributed by atoms with Crippen LogP contribution in [-0.4, -0.2) is 39.0 Å². The summed E-state index contributed by atoms with van der Waals surface area (Å²) in [5.74, 6) is 0.135. The van der Waals surface area contributed by atoms with Crippen molar-refractivity contribution in [2.45, 2.75) is 6.18 Å². The number of hydrogen-bond donors (Lipinski definition) is 1. The topological polar surface area (TPSA) is 47.6 Å². The van der Waals surface area contributed by atoms with Gasteiger partial charge in [-0.05, 0) is 18.2 Å². The molecule has 1 rings (SSSR count). The highest BCUT2D eigenvalue weighted by molar-refractivity contribution is 5.94. The van der Waals surface area contributed by atoms with E-state index in [1.165, 1.54) is 13.2 Å². The Balaban J connectivity index is 2.31. The quantitative estimate of drug-likeness (QED) is 0.809. The number of alkyl halides is 3. The van der Waals surface area contributed by atoms with Crippen molar-refractivity contribution in [1.82, 2.24) is 5.32 Å². The van der Waals surface area contributed by atoms with E-state index in [-0.39, 0.29) is 13.2 Å². The minimum Gasteiger partial charge on any atom is -0.497 e. The Hall–Kier alpha value is -1.76. The third-order valence-electron chi connectivity index (χ3n) is 2.13. The summed E-state index contributed by atoms with van der Waals surface area (Å²) < 4.78 is 44.6. The van der Waals surface area contributed by atoms with Gasteiger partial charge in [0.15, 0.2) is 0 Å². The first-order valence-electron chi connectivity index (χ1n) is 5.49. The Labute approximate surface area is 108 Å². The first kappa shape index (κ1) is 15.3. The zero-order chi connectivity index (χ0) is 14.3. The number of hydrogen-bond acceptors (Lipinski definition) is 3. The molecule has 0 saturated heterocycles. The lowest BCUT2D eigenvalue weighted by molar-refractivity contribution is -0.173. The highest BCUT2D eigenvalue weighted by Gasteiger charge is 2.27. The summed E-state index contributed by atoms with van der Waals surface area (Å²) in [7, 11) is 1.47. The Morgan fingerprint density at radius 3 is 2.74 bits per heavy atom. The smallest absolute Gasteiger partial charge is 0.411 e. The van der Waals surface area contributed by atoms with Crippen molar-refractivity contribution in [3.05, 3.63) is 29.8 Å². The Bertz CT molecular complexity index is 421. The summed E-state index contributed by atoms with van der Waals surface area (Å²) in [6.07, 6.45) is -4.35. The molecule has 7 heteroatoms. The van der Waals surface area contributed by atoms with E-state index in [1.54, 1.807) is 18.2 Å². The van der Waals surface area contributed by atoms with Crippen LogP contribution in [0.15, 0.2) is 24.3 Å². The molecule has 0 radical (unpaired) electrons. The van der Waals surface area contributed by atoms with Crippen LogP contribution in [0.3, 0.4) is 0 Å². The lowest BCUT2D eigenvalue weighted by Gasteiger charge is -2.09. The zero-order valence-corrected chi connectivity index (χ0v) is 10.3. The molecule has 4 nitrogen and oxygen atoms in total. The monoisotopic (exact) mass is 277 g/mol. The van der Waals surface area contributed by atoms with Crippen LogP contribution in [0, 0.1) is 0 Å². The minimum atomic E-state index is -4.35. The maximum atomic E-state index is 11.8. The van der Waals surface area contributed by atoms with E-state index in [9.17, 15) is 18.0 Å². The molecule has 106 valence electrons. The number of rotatable bonds is 6. The summed E-state index contributed by atoms with van der Waals surface area (Å²) in [4.78, 5) is 11.6. The van der Waals surface area contributed by atoms with Crippen molar-refractivity contribution in [1.29, 1.82) is 0 Å². The molecule has 0 heterocycles. The van der Waals surface area contributed by atoms with Crippen LogP contribution in [-0.2, 0) is 4.74 Å². The number of amides is 1. The summed E-state index contributed by atoms with van der Waals surface area (Å²) in [5, 5.41) is 2.45. The van der Waals surface area contributed by atoms with Gasteiger partial charge in [0.2, 0.25) is 0 Å². The molecule has 0 spiro atoms. The molecule has 0 fully saturated rings. The average Bonchev–Trinajstić information content (AvgIpc) is 2.37. The number of halogens is 3. The highest BCUT2D eigenvalue weighted by atomic mass is 19.4. The zero-order valence-electron chi connectivity index (χ0n) is 10.3. The van der Waals surface area contributed by atoms with Gasteiger partial charge >= 0.3 is 6.18 Å². The largest absolute Gasteiger partial charge is 0.497 e. The third kappa shape index (κ3) is 6.10. The van der Waals surface area contributed by atoms with Crippen molar-refractivity contribution >= 4 is 5.91 Å². The average molecular weight is 277 g/mol. The molecule has 0 aliphatic carbocycles. The molecule has 0 unspecified atom stereocenters. The van der Waals surface area contributed by atoms with Crippen LogP contribution < -0.4 is 10.1 Å². The first-order chi connectivity index (χ1) is 8.92. The van der Waals surface area contributed by atoms with E-state index in [2.05, 4.69) is 10.1 Å². The van der Waals surface area contributed by atoms with Crippen molar-refractivity contribution in [3.8, 4) is 5.75 Å². The SMILES string of the molecule is COc1cccc(C(=O)NCCOCC(F)(F)F)c1. The number of benzene rings is 1. The highest BCUT2D eigenvalue weighted by Crippen LogP contribution is 2.14. The summed E-state index contributed by atoms with van der Waals surface area (Å²) in [6, 6.07) is 6.44. The Kier molecular flexibility index (Phi) is 5.62. The lowest BCUT2D eigenvalue weighted by atomic mass is 10.2. The van der Waals surface area contributed by atoms with Gasteiger partial charge in [0.05, 0.1) is 13.7 Å². The second kappa shape index (κ2) is 6.98. The van der Waals surface area contributed by atoms with Gasteiger partial charge in [0.25, 0.3) is 5.91 Å². The predicted octanol–water partition coefficient (Wildman–Crippen LogP) is 2.00. The van der Waals surface area contributed by atoms with Crippen LogP contribution in [0.1, 0.15) is 10.4 Å². The molecule has 1 amide bonds. The third-order valence-corrected chi connectivity index (χ3v) is 2.13. The van der Waals surface area contributed by atoms with Crippen LogP contribution in [0.5, 0.6) is 5.75 Å². The summed E-state index contributed by atoms with van der Waals surface area (Å²) >= 11 is 0. The van der Waals surface area contributed by atoms with Crippen LogP contribution >= 0.6 is 0 Å². The summed E-state index contributed by atoms with van der Waals surface area (Å²) in [5.41, 5.74) is 0.371. The van der Waals surface area contributed by atoms with E-state index >= 15 is 0 Å². The van der Waals surface area contributed by atoms with Gasteiger partial charge in [-0.1, -0.05) is 6.07 Å². The Morgan fingerprint density at radius 2 is 2.11 bits per heavy atom. The van der Waals surface area contributed by atoms with Crippen molar-refractivity contribution in [2.24, 2.45) is 0 Å². The van der Waals surface area contributed by atoms with Crippen LogP contribution in [0.2, 0.25) is 0 Å². The molecule has 0 bridgehead atoms. The fraction of sp³-hybridized carbons (Fsp3) is 0.417. The predicted molar refractivity (Wildman–Crippen MR) is 62.2 cm³/mol. The fourth-order valence-electron chi connectivity index (χ4n) is 1.29. The second-order valence-electron chi connectivity index (χ2n) is 3.66. The van der Waals surface area contributed by atoms with Crippen LogP contribution in [0.4, 0.5) is 13.2 Å². The maximum absolute atomic E-state index is 11.8. The molecule has 1 N–H and O–H groups in total. The standard InChI is InChI=1S/C12H14F3NO3/c1-18-10-4-2-3-9(7-10)11(17)16-5-6-19-8-12(13,14)15/h2-4,7H,5-6,8H2,1H3,(H,16,17). The molecule has 0 aliphatic rings. The summed E-state index contributed by atoms with van der Waals surface area (Å²) in [6.45, 7) is -1.51. The molecule has 0 aromatic heterocycles. The van der Waals surface area contributed by atoms with Crippen molar-refractivity contribution in [3.63, 3.8) is 0 Å². The van der Waals surface area contributed by atoms with Gasteiger partial charge in [-0.25, -0.2) is 0 Å². The minimum absolute atomic E-state index is 0.00607. The van der Waals surface area contributed by atoms with Gasteiger partial charge < -0.3 is 14.8 Å². The number of nitrogens with one attached hydrogen (secondary N) is 1. The van der Waals surface area contributed by atoms with Gasteiger partial charge in [0.1, 0.15) is 12.4 Å². The van der Waals surface area contributed by atoms with Gasteiger partial charge in [-0.2, -0.15) is 13.2 Å². The molecular formula is C12H14F3NO3. The molecule has 0 atom stereocenters. The van der Waals surface area contributed by atoms with E-state index in [0.717, 1.165) is 0 Å². The molecule has 19 heavy (non-hydrogen) atoms. The molecule has 1 aromatic rings. The molecular weight excluding hydrogens is 263 g/mol. The number of methoxy groups -OCH3 is 1.